The van der Waals surface area contributed by atoms with Crippen LogP contribution in [0.15, 0.2) is 42.6 Å². The molecule has 0 bridgehead atoms. The molecule has 24 heavy (non-hydrogen) atoms. The third-order valence-corrected chi connectivity index (χ3v) is 3.48. The summed E-state index contributed by atoms with van der Waals surface area (Å²) in [6.07, 6.45) is 2.89. The lowest BCUT2D eigenvalue weighted by Crippen LogP contribution is -2.26. The maximum absolute atomic E-state index is 13.6. The zero-order chi connectivity index (χ0) is 17.2. The average Bonchev–Trinajstić information content (AvgIpc) is 2.60. The number of aromatic nitrogens is 1. The van der Waals surface area contributed by atoms with Crippen LogP contribution in [0.5, 0.6) is 0 Å². The first-order valence-electron chi connectivity index (χ1n) is 7.91. The van der Waals surface area contributed by atoms with E-state index < -0.39 is 0 Å². The van der Waals surface area contributed by atoms with Crippen molar-refractivity contribution in [2.45, 2.75) is 12.8 Å². The summed E-state index contributed by atoms with van der Waals surface area (Å²) in [5, 5.41) is 5.98. The average molecular weight is 331 g/mol. The number of anilines is 1. The predicted octanol–water partition coefficient (Wildman–Crippen LogP) is 2.64. The van der Waals surface area contributed by atoms with E-state index in [9.17, 15) is 9.18 Å². The Kier molecular flexibility index (Phi) is 7.17. The van der Waals surface area contributed by atoms with Crippen LogP contribution in [0.4, 0.5) is 10.1 Å². The fourth-order valence-electron chi connectivity index (χ4n) is 2.22. The number of benzene rings is 1. The molecule has 1 aromatic heterocycles. The van der Waals surface area contributed by atoms with Crippen molar-refractivity contribution in [2.75, 3.05) is 32.1 Å². The molecule has 0 spiro atoms. The molecule has 5 nitrogen and oxygen atoms in total. The van der Waals surface area contributed by atoms with Crippen LogP contribution in [0, 0.1) is 5.82 Å². The van der Waals surface area contributed by atoms with Crippen LogP contribution in [0.3, 0.4) is 0 Å². The molecule has 0 aliphatic carbocycles. The van der Waals surface area contributed by atoms with Crippen LogP contribution in [0.25, 0.3) is 0 Å². The van der Waals surface area contributed by atoms with Crippen LogP contribution in [0.2, 0.25) is 0 Å². The fraction of sp³-hybridized carbons (Fsp3) is 0.333. The molecule has 0 atom stereocenters. The molecule has 0 saturated carbocycles. The van der Waals surface area contributed by atoms with Gasteiger partial charge < -0.3 is 15.4 Å². The molecule has 2 aromatic rings. The Hall–Kier alpha value is -2.47. The Morgan fingerprint density at radius 1 is 1.25 bits per heavy atom. The third kappa shape index (κ3) is 5.62. The second-order valence-electron chi connectivity index (χ2n) is 5.30. The van der Waals surface area contributed by atoms with E-state index in [1.807, 2.05) is 6.07 Å². The Balaban J connectivity index is 1.84. The van der Waals surface area contributed by atoms with Gasteiger partial charge in [-0.05, 0) is 36.6 Å². The van der Waals surface area contributed by atoms with Crippen molar-refractivity contribution < 1.29 is 13.9 Å². The van der Waals surface area contributed by atoms with Gasteiger partial charge in [0, 0.05) is 38.7 Å². The van der Waals surface area contributed by atoms with Gasteiger partial charge in [0.15, 0.2) is 0 Å². The summed E-state index contributed by atoms with van der Waals surface area (Å²) in [5.41, 5.74) is 1.79. The number of carbonyl (C=O) groups excluding carboxylic acids is 1. The van der Waals surface area contributed by atoms with Crippen LogP contribution in [-0.2, 0) is 11.2 Å². The van der Waals surface area contributed by atoms with E-state index in [1.165, 1.54) is 6.07 Å². The van der Waals surface area contributed by atoms with Crippen molar-refractivity contribution in [1.29, 1.82) is 0 Å². The second-order valence-corrected chi connectivity index (χ2v) is 5.30. The van der Waals surface area contributed by atoms with E-state index in [2.05, 4.69) is 15.6 Å². The zero-order valence-corrected chi connectivity index (χ0v) is 13.7. The van der Waals surface area contributed by atoms with Crippen molar-refractivity contribution in [1.82, 2.24) is 10.3 Å². The second kappa shape index (κ2) is 9.62. The van der Waals surface area contributed by atoms with Gasteiger partial charge in [-0.1, -0.05) is 18.2 Å². The quantitative estimate of drug-likeness (QED) is 0.694. The normalized spacial score (nSPS) is 10.4. The smallest absolute Gasteiger partial charge is 0.269 e. The molecule has 1 amide bonds. The fourth-order valence-corrected chi connectivity index (χ4v) is 2.22. The summed E-state index contributed by atoms with van der Waals surface area (Å²) < 4.78 is 18.5. The molecule has 0 aliphatic rings. The number of methoxy groups -OCH3 is 1. The molecule has 6 heteroatoms. The van der Waals surface area contributed by atoms with Crippen molar-refractivity contribution in [2.24, 2.45) is 0 Å². The summed E-state index contributed by atoms with van der Waals surface area (Å²) in [4.78, 5) is 16.1. The molecule has 1 heterocycles. The van der Waals surface area contributed by atoms with Crippen molar-refractivity contribution in [3.63, 3.8) is 0 Å². The maximum Gasteiger partial charge on any atom is 0.269 e. The zero-order valence-electron chi connectivity index (χ0n) is 13.7. The number of carbonyl (C=O) groups is 1. The van der Waals surface area contributed by atoms with Crippen molar-refractivity contribution in [3.8, 4) is 0 Å². The minimum atomic E-state index is -0.219. The Labute approximate surface area is 141 Å². The van der Waals surface area contributed by atoms with E-state index in [-0.39, 0.29) is 11.7 Å². The van der Waals surface area contributed by atoms with Gasteiger partial charge in [0.1, 0.15) is 11.5 Å². The van der Waals surface area contributed by atoms with Gasteiger partial charge in [-0.2, -0.15) is 0 Å². The molecular weight excluding hydrogens is 309 g/mol. The number of hydrogen-bond donors (Lipinski definition) is 2. The molecule has 0 fully saturated rings. The van der Waals surface area contributed by atoms with Gasteiger partial charge >= 0.3 is 0 Å². The third-order valence-electron chi connectivity index (χ3n) is 3.48. The van der Waals surface area contributed by atoms with Crippen LogP contribution >= 0.6 is 0 Å². The van der Waals surface area contributed by atoms with Gasteiger partial charge in [0.05, 0.1) is 0 Å². The predicted molar refractivity (Wildman–Crippen MR) is 91.7 cm³/mol. The minimum Gasteiger partial charge on any atom is -0.385 e. The van der Waals surface area contributed by atoms with Crippen LogP contribution in [-0.4, -0.2) is 37.7 Å². The molecule has 0 unspecified atom stereocenters. The molecule has 0 aliphatic heterocycles. The van der Waals surface area contributed by atoms with E-state index in [0.29, 0.717) is 37.4 Å². The van der Waals surface area contributed by atoms with Crippen molar-refractivity contribution in [3.05, 3.63) is 59.7 Å². The summed E-state index contributed by atoms with van der Waals surface area (Å²) in [5.74, 6) is -0.422. The summed E-state index contributed by atoms with van der Waals surface area (Å²) >= 11 is 0. The highest BCUT2D eigenvalue weighted by Gasteiger charge is 2.07. The number of amides is 1. The Morgan fingerprint density at radius 3 is 2.88 bits per heavy atom. The van der Waals surface area contributed by atoms with Gasteiger partial charge in [0.2, 0.25) is 0 Å². The number of ether oxygens (including phenoxy) is 1. The lowest BCUT2D eigenvalue weighted by Gasteiger charge is -2.09. The maximum atomic E-state index is 13.6. The number of nitrogens with zero attached hydrogens (tertiary/aromatic N) is 1. The standard InChI is InChI=1S/C18H22FN3O2/c1-24-12-4-9-22-18(23)17-13-15(8-11-21-17)20-10-7-14-5-2-3-6-16(14)19/h2-3,5-6,8,11,13H,4,7,9-10,12H2,1H3,(H,20,21)(H,22,23). The Bertz CT molecular complexity index is 664. The Morgan fingerprint density at radius 2 is 2.08 bits per heavy atom. The number of hydrogen-bond acceptors (Lipinski definition) is 4. The SMILES string of the molecule is COCCCNC(=O)c1cc(NCCc2ccccc2F)ccn1. The number of pyridine rings is 1. The molecule has 1 aromatic carbocycles. The lowest BCUT2D eigenvalue weighted by molar-refractivity contribution is 0.0943. The van der Waals surface area contributed by atoms with E-state index >= 15 is 0 Å². The van der Waals surface area contributed by atoms with Gasteiger partial charge in [-0.25, -0.2) is 4.39 Å². The topological polar surface area (TPSA) is 63.2 Å². The first kappa shape index (κ1) is 17.9. The van der Waals surface area contributed by atoms with E-state index in [4.69, 9.17) is 4.74 Å². The molecular formula is C18H22FN3O2. The van der Waals surface area contributed by atoms with E-state index in [0.717, 1.165) is 12.1 Å². The molecule has 2 rings (SSSR count). The number of halogens is 1. The van der Waals surface area contributed by atoms with Gasteiger partial charge in [0.25, 0.3) is 5.91 Å². The molecule has 0 saturated heterocycles. The van der Waals surface area contributed by atoms with Crippen LogP contribution in [0.1, 0.15) is 22.5 Å². The van der Waals surface area contributed by atoms with Crippen molar-refractivity contribution >= 4 is 11.6 Å². The summed E-state index contributed by atoms with van der Waals surface area (Å²) in [6, 6.07) is 10.2. The molecule has 0 radical (unpaired) electrons. The van der Waals surface area contributed by atoms with Gasteiger partial charge in [-0.3, -0.25) is 9.78 Å². The minimum absolute atomic E-state index is 0.204. The lowest BCUT2D eigenvalue weighted by atomic mass is 10.1. The number of rotatable bonds is 9. The largest absolute Gasteiger partial charge is 0.385 e. The molecule has 128 valence electrons. The highest BCUT2D eigenvalue weighted by Crippen LogP contribution is 2.10. The monoisotopic (exact) mass is 331 g/mol. The van der Waals surface area contributed by atoms with Crippen LogP contribution < -0.4 is 10.6 Å². The first-order chi connectivity index (χ1) is 11.7. The highest BCUT2D eigenvalue weighted by atomic mass is 19.1. The molecule has 2 N–H and O–H groups in total. The van der Waals surface area contributed by atoms with Gasteiger partial charge in [-0.15, -0.1) is 0 Å². The first-order valence-corrected chi connectivity index (χ1v) is 7.91. The summed E-state index contributed by atoms with van der Waals surface area (Å²) in [6.45, 7) is 1.71. The number of nitrogens with one attached hydrogen (secondary N) is 2. The van der Waals surface area contributed by atoms with E-state index in [1.54, 1.807) is 37.6 Å². The summed E-state index contributed by atoms with van der Waals surface area (Å²) in [7, 11) is 1.62. The highest BCUT2D eigenvalue weighted by molar-refractivity contribution is 5.93.